The number of hydrogen-bond donors (Lipinski definition) is 2. The minimum Gasteiger partial charge on any atom is -0.476 e. The first kappa shape index (κ1) is 24.9. The van der Waals surface area contributed by atoms with Crippen molar-refractivity contribution >= 4 is 17.6 Å². The van der Waals surface area contributed by atoms with E-state index >= 15 is 0 Å². The van der Waals surface area contributed by atoms with E-state index in [9.17, 15) is 22.8 Å². The Morgan fingerprint density at radius 1 is 1.23 bits per heavy atom. The monoisotopic (exact) mass is 494 g/mol. The summed E-state index contributed by atoms with van der Waals surface area (Å²) >= 11 is 0. The topological polar surface area (TPSA) is 172 Å². The highest BCUT2D eigenvalue weighted by molar-refractivity contribution is 5.92. The summed E-state index contributed by atoms with van der Waals surface area (Å²) in [5, 5.41) is 16.7. The van der Waals surface area contributed by atoms with Gasteiger partial charge in [-0.3, -0.25) is 4.79 Å². The lowest BCUT2D eigenvalue weighted by Crippen LogP contribution is -2.17. The van der Waals surface area contributed by atoms with E-state index in [4.69, 9.17) is 19.7 Å². The first-order valence-electron chi connectivity index (χ1n) is 9.59. The minimum absolute atomic E-state index is 0.0881. The molecule has 0 aliphatic rings. The SMILES string of the molecule is CC(=O)c1ncc(Cn2ncc(N)n2)o1.Cc1nc(C(=O)O)c(-c2cccc(OC(F)(F)F)c2)o1. The van der Waals surface area contributed by atoms with Gasteiger partial charge >= 0.3 is 12.3 Å². The van der Waals surface area contributed by atoms with Crippen molar-refractivity contribution in [3.63, 3.8) is 0 Å². The second kappa shape index (κ2) is 10.1. The van der Waals surface area contributed by atoms with Crippen LogP contribution in [-0.4, -0.2) is 48.2 Å². The average Bonchev–Trinajstić information content (AvgIpc) is 3.48. The van der Waals surface area contributed by atoms with Crippen molar-refractivity contribution in [2.75, 3.05) is 5.73 Å². The lowest BCUT2D eigenvalue weighted by molar-refractivity contribution is -0.274. The van der Waals surface area contributed by atoms with Crippen molar-refractivity contribution in [1.29, 1.82) is 0 Å². The van der Waals surface area contributed by atoms with Gasteiger partial charge in [0.15, 0.2) is 23.2 Å². The van der Waals surface area contributed by atoms with Crippen molar-refractivity contribution in [1.82, 2.24) is 25.0 Å². The molecular formula is C20H17F3N6O6. The second-order valence-corrected chi connectivity index (χ2v) is 6.78. The normalized spacial score (nSPS) is 11.0. The van der Waals surface area contributed by atoms with Gasteiger partial charge in [0.2, 0.25) is 5.78 Å². The van der Waals surface area contributed by atoms with Crippen molar-refractivity contribution in [3.8, 4) is 17.1 Å². The van der Waals surface area contributed by atoms with E-state index in [0.717, 1.165) is 12.1 Å². The van der Waals surface area contributed by atoms with E-state index in [1.807, 2.05) is 0 Å². The fourth-order valence-electron chi connectivity index (χ4n) is 2.67. The number of halogens is 3. The largest absolute Gasteiger partial charge is 0.573 e. The number of carbonyl (C=O) groups is 2. The third kappa shape index (κ3) is 6.89. The number of carbonyl (C=O) groups excluding carboxylic acids is 1. The van der Waals surface area contributed by atoms with E-state index in [2.05, 4.69) is 24.9 Å². The number of carboxylic acids is 1. The molecule has 3 aromatic heterocycles. The second-order valence-electron chi connectivity index (χ2n) is 6.78. The van der Waals surface area contributed by atoms with Gasteiger partial charge in [0.25, 0.3) is 5.89 Å². The molecule has 0 saturated heterocycles. The molecule has 0 spiro atoms. The summed E-state index contributed by atoms with van der Waals surface area (Å²) in [7, 11) is 0. The van der Waals surface area contributed by atoms with Crippen LogP contribution in [0.2, 0.25) is 0 Å². The molecule has 4 rings (SSSR count). The number of benzene rings is 1. The summed E-state index contributed by atoms with van der Waals surface area (Å²) in [5.74, 6) is -1.11. The summed E-state index contributed by atoms with van der Waals surface area (Å²) in [4.78, 5) is 30.7. The molecule has 3 heterocycles. The number of rotatable bonds is 6. The van der Waals surface area contributed by atoms with E-state index in [0.29, 0.717) is 18.1 Å². The molecular weight excluding hydrogens is 477 g/mol. The number of ketones is 1. The highest BCUT2D eigenvalue weighted by Gasteiger charge is 2.31. The number of aromatic carboxylic acids is 1. The smallest absolute Gasteiger partial charge is 0.476 e. The Morgan fingerprint density at radius 2 is 1.97 bits per heavy atom. The molecule has 0 amide bonds. The van der Waals surface area contributed by atoms with Gasteiger partial charge in [-0.05, 0) is 12.1 Å². The maximum Gasteiger partial charge on any atom is 0.573 e. The van der Waals surface area contributed by atoms with Gasteiger partial charge in [-0.1, -0.05) is 12.1 Å². The molecule has 4 aromatic rings. The Bertz CT molecular complexity index is 1340. The van der Waals surface area contributed by atoms with Crippen molar-refractivity contribution < 1.29 is 41.4 Å². The lowest BCUT2D eigenvalue weighted by atomic mass is 10.1. The molecule has 0 aliphatic heterocycles. The predicted octanol–water partition coefficient (Wildman–Crippen LogP) is 3.35. The van der Waals surface area contributed by atoms with Crippen LogP contribution < -0.4 is 10.5 Å². The molecule has 3 N–H and O–H groups in total. The number of alkyl halides is 3. The molecule has 15 heteroatoms. The molecule has 0 saturated carbocycles. The number of nitrogen functional groups attached to an aromatic ring is 1. The number of hydrogen-bond acceptors (Lipinski definition) is 10. The number of nitrogens with two attached hydrogens (primary N) is 1. The third-order valence-corrected chi connectivity index (χ3v) is 3.97. The van der Waals surface area contributed by atoms with Gasteiger partial charge in [0.1, 0.15) is 18.1 Å². The molecule has 12 nitrogen and oxygen atoms in total. The number of oxazole rings is 2. The first-order chi connectivity index (χ1) is 16.4. The van der Waals surface area contributed by atoms with Crippen LogP contribution in [0, 0.1) is 6.92 Å². The van der Waals surface area contributed by atoms with Crippen LogP contribution in [0.15, 0.2) is 45.5 Å². The molecule has 0 unspecified atom stereocenters. The Morgan fingerprint density at radius 3 is 2.54 bits per heavy atom. The molecule has 184 valence electrons. The van der Waals surface area contributed by atoms with Crippen LogP contribution in [0.25, 0.3) is 11.3 Å². The Labute approximate surface area is 194 Å². The quantitative estimate of drug-likeness (QED) is 0.376. The molecule has 1 aromatic carbocycles. The van der Waals surface area contributed by atoms with Crippen LogP contribution >= 0.6 is 0 Å². The predicted molar refractivity (Wildman–Crippen MR) is 110 cm³/mol. The van der Waals surface area contributed by atoms with Gasteiger partial charge in [-0.2, -0.15) is 9.90 Å². The standard InChI is InChI=1S/C12H8F3NO4.C8H9N5O2/c1-6-16-9(11(17)18)10(19-6)7-3-2-4-8(5-7)20-12(13,14)15;1-5(14)8-10-2-6(15-8)4-13-11-3-7(9)12-13/h2-5H,1H3,(H,17,18);2-3H,4H2,1H3,(H2,9,12). The zero-order valence-corrected chi connectivity index (χ0v) is 18.1. The summed E-state index contributed by atoms with van der Waals surface area (Å²) in [5.41, 5.74) is 5.15. The molecule has 0 bridgehead atoms. The first-order valence-corrected chi connectivity index (χ1v) is 9.59. The number of anilines is 1. The maximum absolute atomic E-state index is 12.1. The number of ether oxygens (including phenoxy) is 1. The minimum atomic E-state index is -4.83. The fraction of sp³-hybridized carbons (Fsp3) is 0.200. The number of aromatic nitrogens is 5. The number of aryl methyl sites for hydroxylation is 1. The van der Waals surface area contributed by atoms with E-state index in [1.54, 1.807) is 0 Å². The van der Waals surface area contributed by atoms with Gasteiger partial charge < -0.3 is 24.4 Å². The zero-order chi connectivity index (χ0) is 25.8. The highest BCUT2D eigenvalue weighted by Crippen LogP contribution is 2.30. The van der Waals surface area contributed by atoms with Gasteiger partial charge in [-0.25, -0.2) is 14.8 Å². The molecule has 0 fully saturated rings. The lowest BCUT2D eigenvalue weighted by Gasteiger charge is -2.09. The number of carboxylic acid groups (broad SMARTS) is 1. The van der Waals surface area contributed by atoms with Crippen LogP contribution in [0.1, 0.15) is 39.7 Å². The zero-order valence-electron chi connectivity index (χ0n) is 18.1. The maximum atomic E-state index is 12.1. The number of nitrogens with zero attached hydrogens (tertiary/aromatic N) is 5. The Hall–Kier alpha value is -4.69. The van der Waals surface area contributed by atoms with E-state index < -0.39 is 18.1 Å². The fourth-order valence-corrected chi connectivity index (χ4v) is 2.67. The average molecular weight is 494 g/mol. The van der Waals surface area contributed by atoms with Gasteiger partial charge in [-0.15, -0.1) is 18.3 Å². The van der Waals surface area contributed by atoms with E-state index in [-0.39, 0.29) is 34.6 Å². The summed E-state index contributed by atoms with van der Waals surface area (Å²) in [6.07, 6.45) is -1.93. The Kier molecular flexibility index (Phi) is 7.17. The van der Waals surface area contributed by atoms with Crippen molar-refractivity contribution in [2.24, 2.45) is 0 Å². The number of Topliss-reactive ketones (excluding diaryl/α,β-unsaturated/α-hetero) is 1. The van der Waals surface area contributed by atoms with Crippen molar-refractivity contribution in [2.45, 2.75) is 26.8 Å². The van der Waals surface area contributed by atoms with Crippen LogP contribution in [0.3, 0.4) is 0 Å². The van der Waals surface area contributed by atoms with E-state index in [1.165, 1.54) is 43.2 Å². The summed E-state index contributed by atoms with van der Waals surface area (Å²) in [6.45, 7) is 3.13. The van der Waals surface area contributed by atoms with Crippen LogP contribution in [0.4, 0.5) is 19.0 Å². The Balaban J connectivity index is 0.000000203. The van der Waals surface area contributed by atoms with Crippen molar-refractivity contribution in [3.05, 3.63) is 59.9 Å². The van der Waals surface area contributed by atoms with Crippen LogP contribution in [0.5, 0.6) is 5.75 Å². The summed E-state index contributed by atoms with van der Waals surface area (Å²) in [6, 6.07) is 4.82. The van der Waals surface area contributed by atoms with Gasteiger partial charge in [0, 0.05) is 19.4 Å². The highest BCUT2D eigenvalue weighted by atomic mass is 19.4. The summed E-state index contributed by atoms with van der Waals surface area (Å²) < 4.78 is 50.4. The third-order valence-electron chi connectivity index (χ3n) is 3.97. The molecule has 35 heavy (non-hydrogen) atoms. The molecule has 0 aliphatic carbocycles. The molecule has 0 radical (unpaired) electrons. The van der Waals surface area contributed by atoms with Crippen LogP contribution in [-0.2, 0) is 6.54 Å². The van der Waals surface area contributed by atoms with Gasteiger partial charge in [0.05, 0.1) is 12.4 Å². The molecule has 0 atom stereocenters.